The van der Waals surface area contributed by atoms with E-state index >= 15 is 0 Å². The van der Waals surface area contributed by atoms with Crippen LogP contribution in [0.25, 0.3) is 0 Å². The molecule has 2 aromatic rings. The lowest BCUT2D eigenvalue weighted by Gasteiger charge is -2.31. The van der Waals surface area contributed by atoms with E-state index in [1.165, 1.54) is 25.3 Å². The molecule has 2 N–H and O–H groups in total. The third-order valence-corrected chi connectivity index (χ3v) is 5.90. The standard InChI is InChI=1S/C25H27FN6O6/c1-14-30-18(8-20(31-14)25(34)29-10-15-3-4-17(26)21(7-15)35-2)19-9-22(38-32-19)23-13-36-16(12-37-23)11-28-24(33)5-6-27/h3-4,7-8,16,22-23H,5,9-13H2,1-2H3,(H,28,33)(H,29,34)/t16-,22+,23-/m1/s1. The van der Waals surface area contributed by atoms with Crippen molar-refractivity contribution in [3.05, 3.63) is 52.9 Å². The molecule has 3 atom stereocenters. The summed E-state index contributed by atoms with van der Waals surface area (Å²) in [6, 6.07) is 7.68. The van der Waals surface area contributed by atoms with E-state index in [4.69, 9.17) is 24.3 Å². The molecule has 1 saturated heterocycles. The minimum atomic E-state index is -0.484. The van der Waals surface area contributed by atoms with Gasteiger partial charge in [0.15, 0.2) is 17.7 Å². The molecule has 0 spiro atoms. The van der Waals surface area contributed by atoms with Gasteiger partial charge in [-0.1, -0.05) is 11.2 Å². The number of oxime groups is 1. The molecule has 1 aromatic carbocycles. The maximum absolute atomic E-state index is 13.6. The molecule has 0 aliphatic carbocycles. The van der Waals surface area contributed by atoms with E-state index in [1.807, 2.05) is 0 Å². The molecule has 200 valence electrons. The zero-order valence-corrected chi connectivity index (χ0v) is 20.9. The van der Waals surface area contributed by atoms with Crippen molar-refractivity contribution in [3.8, 4) is 11.8 Å². The second-order valence-electron chi connectivity index (χ2n) is 8.69. The van der Waals surface area contributed by atoms with Gasteiger partial charge in [-0.05, 0) is 30.7 Å². The van der Waals surface area contributed by atoms with Gasteiger partial charge in [-0.25, -0.2) is 14.4 Å². The summed E-state index contributed by atoms with van der Waals surface area (Å²) >= 11 is 0. The van der Waals surface area contributed by atoms with E-state index in [9.17, 15) is 14.0 Å². The summed E-state index contributed by atoms with van der Waals surface area (Å²) < 4.78 is 30.2. The normalized spacial score (nSPS) is 20.6. The Bertz CT molecular complexity index is 1260. The fourth-order valence-electron chi connectivity index (χ4n) is 3.92. The number of amides is 2. The Morgan fingerprint density at radius 1 is 1.18 bits per heavy atom. The highest BCUT2D eigenvalue weighted by molar-refractivity contribution is 6.02. The van der Waals surface area contributed by atoms with Gasteiger partial charge >= 0.3 is 0 Å². The summed E-state index contributed by atoms with van der Waals surface area (Å²) in [5.74, 6) is -0.786. The average molecular weight is 527 g/mol. The van der Waals surface area contributed by atoms with Crippen LogP contribution in [0.4, 0.5) is 4.39 Å². The van der Waals surface area contributed by atoms with Crippen LogP contribution in [0.2, 0.25) is 0 Å². The van der Waals surface area contributed by atoms with Crippen molar-refractivity contribution < 1.29 is 33.0 Å². The van der Waals surface area contributed by atoms with E-state index in [0.717, 1.165) is 0 Å². The summed E-state index contributed by atoms with van der Waals surface area (Å²) in [7, 11) is 1.37. The highest BCUT2D eigenvalue weighted by Gasteiger charge is 2.35. The average Bonchev–Trinajstić information content (AvgIpc) is 3.42. The number of hydrogen-bond donors (Lipinski definition) is 2. The van der Waals surface area contributed by atoms with Gasteiger partial charge in [-0.15, -0.1) is 0 Å². The molecule has 2 amide bonds. The Balaban J connectivity index is 1.30. The van der Waals surface area contributed by atoms with Crippen molar-refractivity contribution in [2.45, 2.75) is 44.6 Å². The van der Waals surface area contributed by atoms with Crippen LogP contribution in [0.3, 0.4) is 0 Å². The summed E-state index contributed by atoms with van der Waals surface area (Å²) in [6.07, 6.45) is -0.912. The SMILES string of the molecule is COc1cc(CNC(=O)c2cc(C3=NO[C@H]([C@H]4CO[C@H](CNC(=O)CC#N)CO4)C3)nc(C)n2)ccc1F. The largest absolute Gasteiger partial charge is 0.494 e. The van der Waals surface area contributed by atoms with E-state index in [-0.39, 0.29) is 62.3 Å². The molecule has 4 rings (SSSR count). The Morgan fingerprint density at radius 3 is 2.76 bits per heavy atom. The molecular weight excluding hydrogens is 499 g/mol. The highest BCUT2D eigenvalue weighted by Crippen LogP contribution is 2.23. The Morgan fingerprint density at radius 2 is 2.03 bits per heavy atom. The lowest BCUT2D eigenvalue weighted by Crippen LogP contribution is -2.46. The first kappa shape index (κ1) is 26.9. The van der Waals surface area contributed by atoms with Gasteiger partial charge in [0, 0.05) is 19.5 Å². The molecule has 1 aromatic heterocycles. The molecule has 0 saturated carbocycles. The maximum Gasteiger partial charge on any atom is 0.270 e. The van der Waals surface area contributed by atoms with Crippen molar-refractivity contribution >= 4 is 17.5 Å². The van der Waals surface area contributed by atoms with Gasteiger partial charge in [0.05, 0.1) is 38.2 Å². The Kier molecular flexibility index (Phi) is 8.77. The molecule has 12 nitrogen and oxygen atoms in total. The van der Waals surface area contributed by atoms with Crippen molar-refractivity contribution in [3.63, 3.8) is 0 Å². The number of rotatable bonds is 9. The minimum absolute atomic E-state index is 0.0935. The van der Waals surface area contributed by atoms with Crippen LogP contribution >= 0.6 is 0 Å². The number of hydrogen-bond acceptors (Lipinski definition) is 10. The Hall–Kier alpha value is -4.15. The van der Waals surface area contributed by atoms with Crippen LogP contribution in [-0.2, 0) is 25.7 Å². The summed E-state index contributed by atoms with van der Waals surface area (Å²) in [5.41, 5.74) is 1.84. The molecule has 3 heterocycles. The number of methoxy groups -OCH3 is 1. The quantitative estimate of drug-likeness (QED) is 0.489. The van der Waals surface area contributed by atoms with Gasteiger partial charge in [0.25, 0.3) is 5.91 Å². The fourth-order valence-corrected chi connectivity index (χ4v) is 3.92. The highest BCUT2D eigenvalue weighted by atomic mass is 19.1. The van der Waals surface area contributed by atoms with Crippen molar-refractivity contribution in [2.24, 2.45) is 5.16 Å². The molecule has 0 radical (unpaired) electrons. The van der Waals surface area contributed by atoms with E-state index in [0.29, 0.717) is 29.2 Å². The first-order valence-electron chi connectivity index (χ1n) is 11.9. The summed E-state index contributed by atoms with van der Waals surface area (Å²) in [4.78, 5) is 38.4. The maximum atomic E-state index is 13.6. The number of nitrogens with zero attached hydrogens (tertiary/aromatic N) is 4. The van der Waals surface area contributed by atoms with Crippen LogP contribution in [-0.4, -0.2) is 72.7 Å². The number of aromatic nitrogens is 2. The number of ether oxygens (including phenoxy) is 3. The number of carbonyl (C=O) groups excluding carboxylic acids is 2. The van der Waals surface area contributed by atoms with E-state index in [1.54, 1.807) is 19.1 Å². The first-order valence-corrected chi connectivity index (χ1v) is 11.9. The zero-order chi connectivity index (χ0) is 27.1. The van der Waals surface area contributed by atoms with Crippen molar-refractivity contribution in [1.82, 2.24) is 20.6 Å². The second-order valence-corrected chi connectivity index (χ2v) is 8.69. The zero-order valence-electron chi connectivity index (χ0n) is 20.9. The number of aryl methyl sites for hydroxylation is 1. The number of nitrogens with one attached hydrogen (secondary N) is 2. The predicted octanol–water partition coefficient (Wildman–Crippen LogP) is 1.17. The number of nitriles is 1. The van der Waals surface area contributed by atoms with E-state index in [2.05, 4.69) is 25.8 Å². The van der Waals surface area contributed by atoms with E-state index < -0.39 is 17.8 Å². The van der Waals surface area contributed by atoms with Gasteiger partial charge in [0.2, 0.25) is 5.91 Å². The van der Waals surface area contributed by atoms with Gasteiger partial charge in [-0.2, -0.15) is 5.26 Å². The number of halogens is 1. The molecule has 2 aliphatic heterocycles. The summed E-state index contributed by atoms with van der Waals surface area (Å²) in [5, 5.41) is 18.1. The molecule has 2 aliphatic rings. The predicted molar refractivity (Wildman–Crippen MR) is 130 cm³/mol. The smallest absolute Gasteiger partial charge is 0.270 e. The third kappa shape index (κ3) is 6.78. The molecule has 0 unspecified atom stereocenters. The van der Waals surface area contributed by atoms with Gasteiger partial charge in [0.1, 0.15) is 29.8 Å². The Labute approximate surface area is 218 Å². The number of benzene rings is 1. The third-order valence-electron chi connectivity index (χ3n) is 5.90. The van der Waals surface area contributed by atoms with Crippen LogP contribution in [0.1, 0.15) is 40.4 Å². The van der Waals surface area contributed by atoms with Gasteiger partial charge in [-0.3, -0.25) is 9.59 Å². The van der Waals surface area contributed by atoms with Crippen LogP contribution in [0.15, 0.2) is 29.4 Å². The first-order chi connectivity index (χ1) is 18.4. The van der Waals surface area contributed by atoms with Crippen LogP contribution < -0.4 is 15.4 Å². The lowest BCUT2D eigenvalue weighted by atomic mass is 10.0. The lowest BCUT2D eigenvalue weighted by molar-refractivity contribution is -0.170. The molecule has 38 heavy (non-hydrogen) atoms. The molecular formula is C25H27FN6O6. The topological polar surface area (TPSA) is 157 Å². The summed E-state index contributed by atoms with van der Waals surface area (Å²) in [6.45, 7) is 2.58. The fraction of sp³-hybridized carbons (Fsp3) is 0.440. The monoisotopic (exact) mass is 526 g/mol. The molecule has 13 heteroatoms. The molecule has 0 bridgehead atoms. The van der Waals surface area contributed by atoms with Crippen molar-refractivity contribution in [1.29, 1.82) is 5.26 Å². The second kappa shape index (κ2) is 12.4. The van der Waals surface area contributed by atoms with Crippen LogP contribution in [0.5, 0.6) is 5.75 Å². The number of carbonyl (C=O) groups is 2. The molecule has 1 fully saturated rings. The van der Waals surface area contributed by atoms with Crippen LogP contribution in [0, 0.1) is 24.1 Å². The van der Waals surface area contributed by atoms with Crippen molar-refractivity contribution in [2.75, 3.05) is 26.9 Å². The van der Waals surface area contributed by atoms with Gasteiger partial charge < -0.3 is 29.7 Å². The minimum Gasteiger partial charge on any atom is -0.494 e.